The predicted octanol–water partition coefficient (Wildman–Crippen LogP) is 1.63. The summed E-state index contributed by atoms with van der Waals surface area (Å²) in [4.78, 5) is 11.9. The molecule has 0 bridgehead atoms. The SMILES string of the molecule is CN(Cc1cccs1)c1nccc(CN)n1. The minimum absolute atomic E-state index is 0.447. The Labute approximate surface area is 98.8 Å². The van der Waals surface area contributed by atoms with Gasteiger partial charge in [-0.2, -0.15) is 0 Å². The van der Waals surface area contributed by atoms with Crippen molar-refractivity contribution < 1.29 is 0 Å². The van der Waals surface area contributed by atoms with Gasteiger partial charge in [-0.25, -0.2) is 9.97 Å². The maximum Gasteiger partial charge on any atom is 0.225 e. The summed E-state index contributed by atoms with van der Waals surface area (Å²) >= 11 is 1.73. The molecule has 0 fully saturated rings. The number of nitrogens with two attached hydrogens (primary N) is 1. The van der Waals surface area contributed by atoms with Gasteiger partial charge in [0.1, 0.15) is 0 Å². The van der Waals surface area contributed by atoms with E-state index in [2.05, 4.69) is 21.4 Å². The molecule has 0 aliphatic heterocycles. The zero-order chi connectivity index (χ0) is 11.4. The van der Waals surface area contributed by atoms with Crippen LogP contribution in [-0.2, 0) is 13.1 Å². The van der Waals surface area contributed by atoms with E-state index in [1.165, 1.54) is 4.88 Å². The van der Waals surface area contributed by atoms with Gasteiger partial charge >= 0.3 is 0 Å². The highest BCUT2D eigenvalue weighted by molar-refractivity contribution is 7.09. The molecular weight excluding hydrogens is 220 g/mol. The minimum atomic E-state index is 0.447. The monoisotopic (exact) mass is 234 g/mol. The molecule has 0 unspecified atom stereocenters. The van der Waals surface area contributed by atoms with Gasteiger partial charge in [-0.1, -0.05) is 6.07 Å². The fraction of sp³-hybridized carbons (Fsp3) is 0.273. The summed E-state index contributed by atoms with van der Waals surface area (Å²) in [5.41, 5.74) is 6.41. The Hall–Kier alpha value is -1.46. The van der Waals surface area contributed by atoms with Gasteiger partial charge in [-0.15, -0.1) is 11.3 Å². The van der Waals surface area contributed by atoms with Gasteiger partial charge in [0.05, 0.1) is 12.2 Å². The zero-order valence-electron chi connectivity index (χ0n) is 9.13. The van der Waals surface area contributed by atoms with Crippen molar-refractivity contribution in [3.63, 3.8) is 0 Å². The maximum atomic E-state index is 5.55. The van der Waals surface area contributed by atoms with Crippen LogP contribution in [0.2, 0.25) is 0 Å². The molecule has 2 rings (SSSR count). The first-order valence-electron chi connectivity index (χ1n) is 5.05. The lowest BCUT2D eigenvalue weighted by atomic mass is 10.4. The van der Waals surface area contributed by atoms with Crippen LogP contribution in [0.1, 0.15) is 10.6 Å². The Kier molecular flexibility index (Phi) is 3.48. The van der Waals surface area contributed by atoms with E-state index in [-0.39, 0.29) is 0 Å². The Balaban J connectivity index is 2.11. The highest BCUT2D eigenvalue weighted by Crippen LogP contribution is 2.14. The van der Waals surface area contributed by atoms with Crippen LogP contribution in [-0.4, -0.2) is 17.0 Å². The summed E-state index contributed by atoms with van der Waals surface area (Å²) in [6.45, 7) is 1.27. The topological polar surface area (TPSA) is 55.0 Å². The third kappa shape index (κ3) is 2.56. The number of rotatable bonds is 4. The van der Waals surface area contributed by atoms with E-state index in [1.807, 2.05) is 24.1 Å². The van der Waals surface area contributed by atoms with Gasteiger partial charge < -0.3 is 10.6 Å². The molecule has 0 amide bonds. The van der Waals surface area contributed by atoms with Crippen LogP contribution in [0.5, 0.6) is 0 Å². The summed E-state index contributed by atoms with van der Waals surface area (Å²) in [5, 5.41) is 2.07. The fourth-order valence-electron chi connectivity index (χ4n) is 1.39. The second-order valence-corrected chi connectivity index (χ2v) is 4.52. The van der Waals surface area contributed by atoms with Crippen molar-refractivity contribution in [1.29, 1.82) is 0 Å². The number of anilines is 1. The second-order valence-electron chi connectivity index (χ2n) is 3.49. The van der Waals surface area contributed by atoms with Crippen LogP contribution in [0.4, 0.5) is 5.95 Å². The molecule has 2 heterocycles. The molecule has 0 saturated heterocycles. The Bertz CT molecular complexity index is 441. The first kappa shape index (κ1) is 11.0. The Morgan fingerprint density at radius 3 is 3.00 bits per heavy atom. The summed E-state index contributed by atoms with van der Waals surface area (Å²) in [5.74, 6) is 0.719. The first-order chi connectivity index (χ1) is 7.79. The molecule has 0 saturated carbocycles. The average Bonchev–Trinajstić information content (AvgIpc) is 2.82. The molecule has 84 valence electrons. The van der Waals surface area contributed by atoms with E-state index in [1.54, 1.807) is 17.5 Å². The Morgan fingerprint density at radius 1 is 1.44 bits per heavy atom. The van der Waals surface area contributed by atoms with Crippen LogP contribution in [0.25, 0.3) is 0 Å². The second kappa shape index (κ2) is 5.05. The molecule has 0 aliphatic rings. The third-order valence-corrected chi connectivity index (χ3v) is 3.09. The summed E-state index contributed by atoms with van der Waals surface area (Å²) in [6, 6.07) is 5.99. The normalized spacial score (nSPS) is 10.4. The van der Waals surface area contributed by atoms with Crippen molar-refractivity contribution >= 4 is 17.3 Å². The lowest BCUT2D eigenvalue weighted by Gasteiger charge is -2.16. The lowest BCUT2D eigenvalue weighted by molar-refractivity contribution is 0.854. The molecule has 5 heteroatoms. The summed E-state index contributed by atoms with van der Waals surface area (Å²) in [6.07, 6.45) is 1.75. The fourth-order valence-corrected chi connectivity index (χ4v) is 2.15. The minimum Gasteiger partial charge on any atom is -0.339 e. The quantitative estimate of drug-likeness (QED) is 0.873. The molecule has 2 N–H and O–H groups in total. The van der Waals surface area contributed by atoms with Crippen molar-refractivity contribution in [3.05, 3.63) is 40.3 Å². The van der Waals surface area contributed by atoms with Gasteiger partial charge in [-0.05, 0) is 17.5 Å². The lowest BCUT2D eigenvalue weighted by Crippen LogP contribution is -2.19. The molecule has 4 nitrogen and oxygen atoms in total. The van der Waals surface area contributed by atoms with Crippen molar-refractivity contribution in [3.8, 4) is 0 Å². The molecular formula is C11H14N4S. The molecule has 2 aromatic rings. The van der Waals surface area contributed by atoms with Gasteiger partial charge in [0, 0.05) is 24.7 Å². The first-order valence-corrected chi connectivity index (χ1v) is 5.93. The summed E-state index contributed by atoms with van der Waals surface area (Å²) < 4.78 is 0. The molecule has 0 aliphatic carbocycles. The molecule has 2 aromatic heterocycles. The molecule has 0 atom stereocenters. The Morgan fingerprint density at radius 2 is 2.31 bits per heavy atom. The van der Waals surface area contributed by atoms with Gasteiger partial charge in [0.2, 0.25) is 5.95 Å². The standard InChI is InChI=1S/C11H14N4S/c1-15(8-10-3-2-6-16-10)11-13-5-4-9(7-12)14-11/h2-6H,7-8,12H2,1H3. The molecule has 16 heavy (non-hydrogen) atoms. The van der Waals surface area contributed by atoms with Crippen molar-refractivity contribution in [1.82, 2.24) is 9.97 Å². The maximum absolute atomic E-state index is 5.55. The molecule has 0 radical (unpaired) electrons. The van der Waals surface area contributed by atoms with E-state index in [0.717, 1.165) is 18.2 Å². The van der Waals surface area contributed by atoms with Crippen LogP contribution in [0.3, 0.4) is 0 Å². The van der Waals surface area contributed by atoms with Gasteiger partial charge in [-0.3, -0.25) is 0 Å². The number of hydrogen-bond acceptors (Lipinski definition) is 5. The number of aromatic nitrogens is 2. The average molecular weight is 234 g/mol. The van der Waals surface area contributed by atoms with Gasteiger partial charge in [0.15, 0.2) is 0 Å². The van der Waals surface area contributed by atoms with Crippen molar-refractivity contribution in [2.45, 2.75) is 13.1 Å². The smallest absolute Gasteiger partial charge is 0.225 e. The van der Waals surface area contributed by atoms with Crippen molar-refractivity contribution in [2.75, 3.05) is 11.9 Å². The van der Waals surface area contributed by atoms with E-state index < -0.39 is 0 Å². The highest BCUT2D eigenvalue weighted by Gasteiger charge is 2.06. The van der Waals surface area contributed by atoms with Crippen LogP contribution in [0.15, 0.2) is 29.8 Å². The van der Waals surface area contributed by atoms with E-state index in [9.17, 15) is 0 Å². The van der Waals surface area contributed by atoms with E-state index >= 15 is 0 Å². The number of nitrogens with zero attached hydrogens (tertiary/aromatic N) is 3. The van der Waals surface area contributed by atoms with Gasteiger partial charge in [0.25, 0.3) is 0 Å². The zero-order valence-corrected chi connectivity index (χ0v) is 9.94. The van der Waals surface area contributed by atoms with E-state index in [4.69, 9.17) is 5.73 Å². The van der Waals surface area contributed by atoms with Crippen molar-refractivity contribution in [2.24, 2.45) is 5.73 Å². The predicted molar refractivity (Wildman–Crippen MR) is 66.3 cm³/mol. The van der Waals surface area contributed by atoms with E-state index in [0.29, 0.717) is 6.54 Å². The number of hydrogen-bond donors (Lipinski definition) is 1. The van der Waals surface area contributed by atoms with Crippen LogP contribution >= 0.6 is 11.3 Å². The number of thiophene rings is 1. The highest BCUT2D eigenvalue weighted by atomic mass is 32.1. The summed E-state index contributed by atoms with van der Waals surface area (Å²) in [7, 11) is 1.98. The van der Waals surface area contributed by atoms with Crippen LogP contribution in [0, 0.1) is 0 Å². The molecule has 0 spiro atoms. The van der Waals surface area contributed by atoms with Crippen LogP contribution < -0.4 is 10.6 Å². The third-order valence-electron chi connectivity index (χ3n) is 2.22. The largest absolute Gasteiger partial charge is 0.339 e. The molecule has 0 aromatic carbocycles.